The number of aliphatic imine (C=N–C) groups is 1. The van der Waals surface area contributed by atoms with Gasteiger partial charge < -0.3 is 4.90 Å². The Kier molecular flexibility index (Phi) is 3.39. The van der Waals surface area contributed by atoms with Crippen molar-refractivity contribution in [3.63, 3.8) is 0 Å². The molecule has 0 aromatic heterocycles. The normalized spacial score (nSPS) is 22.7. The summed E-state index contributed by atoms with van der Waals surface area (Å²) in [4.78, 5) is 6.84. The third-order valence-electron chi connectivity index (χ3n) is 3.41. The minimum absolute atomic E-state index is 0.450. The fraction of sp³-hybridized carbons (Fsp3) is 0.500. The van der Waals surface area contributed by atoms with Crippen LogP contribution in [0.3, 0.4) is 0 Å². The topological polar surface area (TPSA) is 15.6 Å². The van der Waals surface area contributed by atoms with Crippen molar-refractivity contribution in [2.45, 2.75) is 26.3 Å². The first kappa shape index (κ1) is 11.3. The average molecular weight is 216 g/mol. The maximum absolute atomic E-state index is 4.46. The van der Waals surface area contributed by atoms with E-state index >= 15 is 0 Å². The minimum Gasteiger partial charge on any atom is -0.304 e. The van der Waals surface area contributed by atoms with Crippen molar-refractivity contribution >= 4 is 5.71 Å². The highest BCUT2D eigenvalue weighted by Crippen LogP contribution is 2.27. The second-order valence-corrected chi connectivity index (χ2v) is 4.80. The van der Waals surface area contributed by atoms with Gasteiger partial charge in [0.2, 0.25) is 0 Å². The Balaban J connectivity index is 1.89. The lowest BCUT2D eigenvalue weighted by Crippen LogP contribution is -2.28. The minimum atomic E-state index is 0.450. The Hall–Kier alpha value is -1.15. The molecule has 1 aliphatic carbocycles. The molecule has 0 fully saturated rings. The van der Waals surface area contributed by atoms with E-state index in [1.165, 1.54) is 11.3 Å². The van der Waals surface area contributed by atoms with Crippen molar-refractivity contribution in [3.05, 3.63) is 36.1 Å². The molecule has 16 heavy (non-hydrogen) atoms. The van der Waals surface area contributed by atoms with Crippen molar-refractivity contribution in [1.29, 1.82) is 0 Å². The van der Waals surface area contributed by atoms with E-state index in [-0.39, 0.29) is 0 Å². The lowest BCUT2D eigenvalue weighted by atomic mass is 9.91. The second kappa shape index (κ2) is 4.79. The smallest absolute Gasteiger partial charge is 0.0513 e. The van der Waals surface area contributed by atoms with Gasteiger partial charge in [0.25, 0.3) is 0 Å². The lowest BCUT2D eigenvalue weighted by Gasteiger charge is -2.22. The fourth-order valence-electron chi connectivity index (χ4n) is 1.99. The molecule has 0 aromatic rings. The van der Waals surface area contributed by atoms with E-state index in [1.807, 2.05) is 6.20 Å². The molecule has 0 amide bonds. The summed E-state index contributed by atoms with van der Waals surface area (Å²) < 4.78 is 0. The summed E-state index contributed by atoms with van der Waals surface area (Å²) in [6, 6.07) is 0.615. The van der Waals surface area contributed by atoms with Gasteiger partial charge in [-0.15, -0.1) is 0 Å². The first-order valence-corrected chi connectivity index (χ1v) is 6.00. The molecule has 1 aliphatic heterocycles. The molecular weight excluding hydrogens is 196 g/mol. The largest absolute Gasteiger partial charge is 0.304 e. The van der Waals surface area contributed by atoms with Crippen molar-refractivity contribution in [1.82, 2.24) is 4.90 Å². The van der Waals surface area contributed by atoms with E-state index in [0.717, 1.165) is 13.0 Å². The van der Waals surface area contributed by atoms with Crippen LogP contribution in [0, 0.1) is 5.92 Å². The summed E-state index contributed by atoms with van der Waals surface area (Å²) in [5.74, 6) is 0.450. The quantitative estimate of drug-likeness (QED) is 0.705. The standard InChI is InChI=1S/C14H20N2/c1-11(2)16(3)9-8-12-10-15-14-7-5-4-6-13(12)14/h4-7,10-11,13H,8-9H2,1-3H3. The Morgan fingerprint density at radius 1 is 1.38 bits per heavy atom. The molecule has 1 heterocycles. The van der Waals surface area contributed by atoms with Crippen LogP contribution in [0.2, 0.25) is 0 Å². The van der Waals surface area contributed by atoms with Crippen LogP contribution >= 0.6 is 0 Å². The van der Waals surface area contributed by atoms with Crippen LogP contribution in [-0.2, 0) is 0 Å². The van der Waals surface area contributed by atoms with E-state index in [9.17, 15) is 0 Å². The van der Waals surface area contributed by atoms with Gasteiger partial charge in [-0.1, -0.05) is 18.2 Å². The molecule has 2 aliphatic rings. The summed E-state index contributed by atoms with van der Waals surface area (Å²) in [5.41, 5.74) is 2.65. The zero-order chi connectivity index (χ0) is 11.5. The Labute approximate surface area is 98.1 Å². The zero-order valence-corrected chi connectivity index (χ0v) is 10.4. The number of hydrogen-bond donors (Lipinski definition) is 0. The highest BCUT2D eigenvalue weighted by molar-refractivity contribution is 6.03. The van der Waals surface area contributed by atoms with Crippen molar-refractivity contribution < 1.29 is 0 Å². The predicted molar refractivity (Wildman–Crippen MR) is 69.7 cm³/mol. The Morgan fingerprint density at radius 3 is 2.94 bits per heavy atom. The van der Waals surface area contributed by atoms with Crippen LogP contribution in [0.4, 0.5) is 0 Å². The third kappa shape index (κ3) is 2.33. The lowest BCUT2D eigenvalue weighted by molar-refractivity contribution is 0.276. The summed E-state index contributed by atoms with van der Waals surface area (Å²) in [6.07, 6.45) is 11.7. The number of rotatable bonds is 4. The fourth-order valence-corrected chi connectivity index (χ4v) is 1.99. The highest BCUT2D eigenvalue weighted by atomic mass is 15.1. The van der Waals surface area contributed by atoms with Gasteiger partial charge >= 0.3 is 0 Å². The van der Waals surface area contributed by atoms with E-state index < -0.39 is 0 Å². The molecule has 2 rings (SSSR count). The van der Waals surface area contributed by atoms with Gasteiger partial charge in [-0.2, -0.15) is 0 Å². The molecular formula is C14H20N2. The van der Waals surface area contributed by atoms with Crippen LogP contribution < -0.4 is 0 Å². The van der Waals surface area contributed by atoms with Crippen LogP contribution in [-0.4, -0.2) is 30.2 Å². The molecule has 2 nitrogen and oxygen atoms in total. The molecule has 0 radical (unpaired) electrons. The van der Waals surface area contributed by atoms with Gasteiger partial charge in [0.1, 0.15) is 0 Å². The van der Waals surface area contributed by atoms with Crippen LogP contribution in [0.1, 0.15) is 20.3 Å². The maximum Gasteiger partial charge on any atom is 0.0513 e. The van der Waals surface area contributed by atoms with Crippen molar-refractivity contribution in [2.75, 3.05) is 13.6 Å². The van der Waals surface area contributed by atoms with Gasteiger partial charge in [0.05, 0.1) is 5.71 Å². The zero-order valence-electron chi connectivity index (χ0n) is 10.4. The predicted octanol–water partition coefficient (Wildman–Crippen LogP) is 2.80. The monoisotopic (exact) mass is 216 g/mol. The maximum atomic E-state index is 4.46. The SMILES string of the molecule is CC(C)N(C)CCC1=CN=C2C=CC=CC12. The van der Waals surface area contributed by atoms with Crippen LogP contribution in [0.15, 0.2) is 41.1 Å². The molecule has 0 saturated carbocycles. The first-order valence-electron chi connectivity index (χ1n) is 6.00. The molecule has 0 bridgehead atoms. The molecule has 0 spiro atoms. The second-order valence-electron chi connectivity index (χ2n) is 4.80. The molecule has 86 valence electrons. The van der Waals surface area contributed by atoms with Crippen LogP contribution in [0.25, 0.3) is 0 Å². The molecule has 0 saturated heterocycles. The highest BCUT2D eigenvalue weighted by Gasteiger charge is 2.22. The Morgan fingerprint density at radius 2 is 2.19 bits per heavy atom. The molecule has 0 aromatic carbocycles. The first-order chi connectivity index (χ1) is 7.68. The number of allylic oxidation sites excluding steroid dienone is 4. The summed E-state index contributed by atoms with van der Waals surface area (Å²) in [7, 11) is 2.18. The van der Waals surface area contributed by atoms with E-state index in [0.29, 0.717) is 12.0 Å². The number of fused-ring (bicyclic) bond motifs is 1. The van der Waals surface area contributed by atoms with Gasteiger partial charge in [0.15, 0.2) is 0 Å². The Bertz CT molecular complexity index is 372. The van der Waals surface area contributed by atoms with Gasteiger partial charge in [-0.05, 0) is 39.0 Å². The van der Waals surface area contributed by atoms with E-state index in [4.69, 9.17) is 0 Å². The third-order valence-corrected chi connectivity index (χ3v) is 3.41. The summed E-state index contributed by atoms with van der Waals surface area (Å²) >= 11 is 0. The summed E-state index contributed by atoms with van der Waals surface area (Å²) in [6.45, 7) is 5.57. The van der Waals surface area contributed by atoms with Gasteiger partial charge in [-0.3, -0.25) is 4.99 Å². The van der Waals surface area contributed by atoms with E-state index in [1.54, 1.807) is 0 Å². The van der Waals surface area contributed by atoms with Gasteiger partial charge in [-0.25, -0.2) is 0 Å². The molecule has 0 N–H and O–H groups in total. The van der Waals surface area contributed by atoms with E-state index in [2.05, 4.69) is 55.1 Å². The van der Waals surface area contributed by atoms with Gasteiger partial charge in [0, 0.05) is 24.7 Å². The number of hydrogen-bond acceptors (Lipinski definition) is 2. The molecule has 1 unspecified atom stereocenters. The molecule has 1 atom stereocenters. The van der Waals surface area contributed by atoms with Crippen molar-refractivity contribution in [3.8, 4) is 0 Å². The van der Waals surface area contributed by atoms with Crippen molar-refractivity contribution in [2.24, 2.45) is 10.9 Å². The average Bonchev–Trinajstić information content (AvgIpc) is 2.69. The molecule has 2 heteroatoms. The number of nitrogens with zero attached hydrogens (tertiary/aromatic N) is 2. The summed E-state index contributed by atoms with van der Waals surface area (Å²) in [5, 5.41) is 0. The van der Waals surface area contributed by atoms with Crippen LogP contribution in [0.5, 0.6) is 0 Å².